The number of hydrogen-bond donors (Lipinski definition) is 12. The van der Waals surface area contributed by atoms with E-state index in [2.05, 4.69) is 92.1 Å². The van der Waals surface area contributed by atoms with Gasteiger partial charge in [0.05, 0.1) is 38.6 Å². The molecule has 111 heavy (non-hydrogen) atoms. The second-order valence-corrected chi connectivity index (χ2v) is 32.4. The number of unbranched alkanes of at least 4 members (excludes halogenated alkanes) is 46. The molecule has 0 aliphatic carbocycles. The van der Waals surface area contributed by atoms with Gasteiger partial charge >= 0.3 is 0 Å². The highest BCUT2D eigenvalue weighted by atomic mass is 16.8. The van der Waals surface area contributed by atoms with Gasteiger partial charge in [-0.3, -0.25) is 4.79 Å². The molecule has 648 valence electrons. The van der Waals surface area contributed by atoms with Crippen molar-refractivity contribution in [2.45, 2.75) is 478 Å². The molecule has 12 N–H and O–H groups in total. The zero-order valence-electron chi connectivity index (χ0n) is 69.9. The lowest BCUT2D eigenvalue weighted by molar-refractivity contribution is -0.379. The summed E-state index contributed by atoms with van der Waals surface area (Å²) in [6.07, 6.45) is 68.7. The molecule has 0 aromatic heterocycles. The molecule has 3 fully saturated rings. The van der Waals surface area contributed by atoms with E-state index < -0.39 is 124 Å². The van der Waals surface area contributed by atoms with E-state index in [1.165, 1.54) is 257 Å². The Labute approximate surface area is 674 Å². The molecule has 0 aromatic carbocycles. The molecule has 3 aliphatic heterocycles. The van der Waals surface area contributed by atoms with E-state index in [-0.39, 0.29) is 18.9 Å². The lowest BCUT2D eigenvalue weighted by Crippen LogP contribution is -2.66. The largest absolute Gasteiger partial charge is 0.394 e. The maximum absolute atomic E-state index is 13.6. The molecule has 17 unspecified atom stereocenters. The van der Waals surface area contributed by atoms with Crippen molar-refractivity contribution in [1.82, 2.24) is 5.32 Å². The first-order valence-corrected chi connectivity index (χ1v) is 45.7. The van der Waals surface area contributed by atoms with Gasteiger partial charge < -0.3 is 89.9 Å². The van der Waals surface area contributed by atoms with Crippen molar-refractivity contribution in [1.29, 1.82) is 0 Å². The summed E-state index contributed by atoms with van der Waals surface area (Å²) in [7, 11) is 0. The van der Waals surface area contributed by atoms with Gasteiger partial charge in [-0.05, 0) is 64.2 Å². The number of nitrogens with one attached hydrogen (secondary N) is 1. The van der Waals surface area contributed by atoms with Gasteiger partial charge in [0.25, 0.3) is 0 Å². The topological polar surface area (TPSA) is 307 Å². The van der Waals surface area contributed by atoms with Crippen LogP contribution in [0.5, 0.6) is 0 Å². The molecule has 17 atom stereocenters. The standard InChI is InChI=1S/C92H167NO18/c1-3-5-7-9-11-13-15-17-19-21-23-25-27-29-31-32-33-34-35-36-37-38-39-40-41-42-44-46-48-50-52-54-56-58-60-62-64-66-68-70-80(98)93-75(76(97)69-67-65-63-61-59-57-55-53-51-49-47-45-43-30-28-26-24-22-20-18-16-14-12-10-8-6-4-2)74-106-90-86(104)83(101)88(78(72-95)108-90)111-92-87(105)84(102)89(79(73-96)109-92)110-91-85(103)82(100)81(99)77(71-94)107-91/h5,7,11,13,17,19,23,25,29,31,33-34,75-79,81-92,94-97,99-105H,3-4,6,8-10,12,14-16,18,20-22,24,26-28,30,32,35-74H2,1-2H3,(H,93,98)/b7-5-,13-11-,19-17-,25-23-,31-29-,34-33-. The molecule has 3 saturated heterocycles. The molecule has 0 bridgehead atoms. The van der Waals surface area contributed by atoms with Gasteiger partial charge in [0.1, 0.15) is 73.2 Å². The van der Waals surface area contributed by atoms with Crippen molar-refractivity contribution < 1.29 is 89.4 Å². The zero-order valence-corrected chi connectivity index (χ0v) is 69.9. The number of carbonyl (C=O) groups excluding carboxylic acids is 1. The molecule has 3 aliphatic rings. The van der Waals surface area contributed by atoms with Crippen molar-refractivity contribution in [2.75, 3.05) is 26.4 Å². The minimum absolute atomic E-state index is 0.236. The Bertz CT molecular complexity index is 2280. The molecule has 0 radical (unpaired) electrons. The van der Waals surface area contributed by atoms with Crippen LogP contribution in [0.1, 0.15) is 373 Å². The van der Waals surface area contributed by atoms with E-state index in [9.17, 15) is 61.0 Å². The average molecular weight is 1580 g/mol. The van der Waals surface area contributed by atoms with Crippen LogP contribution in [0.3, 0.4) is 0 Å². The van der Waals surface area contributed by atoms with E-state index in [1.807, 2.05) is 0 Å². The van der Waals surface area contributed by atoms with Gasteiger partial charge in [-0.2, -0.15) is 0 Å². The fourth-order valence-corrected chi connectivity index (χ4v) is 15.3. The normalized spacial score (nSPS) is 25.4. The van der Waals surface area contributed by atoms with Gasteiger partial charge in [-0.1, -0.05) is 376 Å². The summed E-state index contributed by atoms with van der Waals surface area (Å²) >= 11 is 0. The quantitative estimate of drug-likeness (QED) is 0.0199. The van der Waals surface area contributed by atoms with Crippen LogP contribution in [-0.4, -0.2) is 193 Å². The summed E-state index contributed by atoms with van der Waals surface area (Å²) in [5.74, 6) is -0.236. The number of aliphatic hydroxyl groups excluding tert-OH is 11. The molecule has 3 heterocycles. The second-order valence-electron chi connectivity index (χ2n) is 32.4. The van der Waals surface area contributed by atoms with E-state index in [0.717, 1.165) is 83.5 Å². The van der Waals surface area contributed by atoms with Crippen LogP contribution >= 0.6 is 0 Å². The molecular formula is C92H167NO18. The maximum Gasteiger partial charge on any atom is 0.220 e. The number of hydrogen-bond acceptors (Lipinski definition) is 18. The number of allylic oxidation sites excluding steroid dienone is 12. The van der Waals surface area contributed by atoms with Crippen LogP contribution < -0.4 is 5.32 Å². The smallest absolute Gasteiger partial charge is 0.220 e. The molecule has 19 heteroatoms. The third kappa shape index (κ3) is 49.9. The van der Waals surface area contributed by atoms with Gasteiger partial charge in [0.2, 0.25) is 5.91 Å². The first-order chi connectivity index (χ1) is 54.3. The van der Waals surface area contributed by atoms with Crippen LogP contribution in [0.4, 0.5) is 0 Å². The van der Waals surface area contributed by atoms with E-state index in [0.29, 0.717) is 12.8 Å². The van der Waals surface area contributed by atoms with E-state index in [1.54, 1.807) is 0 Å². The average Bonchev–Trinajstić information content (AvgIpc) is 0.780. The van der Waals surface area contributed by atoms with Crippen molar-refractivity contribution in [2.24, 2.45) is 0 Å². The van der Waals surface area contributed by atoms with Crippen LogP contribution in [0.25, 0.3) is 0 Å². The predicted octanol–water partition coefficient (Wildman–Crippen LogP) is 17.5. The summed E-state index contributed by atoms with van der Waals surface area (Å²) < 4.78 is 34.6. The monoisotopic (exact) mass is 1570 g/mol. The predicted molar refractivity (Wildman–Crippen MR) is 448 cm³/mol. The van der Waals surface area contributed by atoms with Crippen LogP contribution in [0.15, 0.2) is 72.9 Å². The highest BCUT2D eigenvalue weighted by molar-refractivity contribution is 5.76. The highest BCUT2D eigenvalue weighted by Crippen LogP contribution is 2.34. The number of aliphatic hydroxyl groups is 11. The Hall–Kier alpha value is -2.77. The molecule has 3 rings (SSSR count). The highest BCUT2D eigenvalue weighted by Gasteiger charge is 2.54. The molecular weight excluding hydrogens is 1410 g/mol. The number of amides is 1. The minimum atomic E-state index is -1.97. The Morgan fingerprint density at radius 1 is 0.333 bits per heavy atom. The lowest BCUT2D eigenvalue weighted by atomic mass is 9.96. The minimum Gasteiger partial charge on any atom is -0.394 e. The molecule has 19 nitrogen and oxygen atoms in total. The number of rotatable bonds is 74. The summed E-state index contributed by atoms with van der Waals surface area (Å²) in [6.45, 7) is 1.75. The summed E-state index contributed by atoms with van der Waals surface area (Å²) in [4.78, 5) is 13.6. The van der Waals surface area contributed by atoms with Crippen molar-refractivity contribution in [3.63, 3.8) is 0 Å². The van der Waals surface area contributed by atoms with Gasteiger partial charge in [0, 0.05) is 6.42 Å². The SMILES string of the molecule is CC/C=C\C/C=C\C/C=C\C/C=C\C/C=C\C/C=C\CCCCCCCCCCCCCCCCCCCCCCC(=O)NC(COC1OC(CO)C(OC2OC(CO)C(OC3OC(CO)C(O)C(O)C3O)C(O)C2O)C(O)C1O)C(O)CCCCCCCCCCCCCCCCCCCCCCCCCCCCC. The first-order valence-electron chi connectivity index (χ1n) is 45.7. The van der Waals surface area contributed by atoms with Crippen molar-refractivity contribution >= 4 is 5.91 Å². The van der Waals surface area contributed by atoms with E-state index in [4.69, 9.17) is 28.4 Å². The van der Waals surface area contributed by atoms with Gasteiger partial charge in [-0.15, -0.1) is 0 Å². The molecule has 0 spiro atoms. The Morgan fingerprint density at radius 3 is 0.973 bits per heavy atom. The Kier molecular flexibility index (Phi) is 65.8. The third-order valence-electron chi connectivity index (χ3n) is 22.5. The van der Waals surface area contributed by atoms with Crippen LogP contribution in [0.2, 0.25) is 0 Å². The summed E-state index contributed by atoms with van der Waals surface area (Å²) in [6, 6.07) is -0.890. The zero-order chi connectivity index (χ0) is 80.3. The van der Waals surface area contributed by atoms with Gasteiger partial charge in [0.15, 0.2) is 18.9 Å². The fraction of sp³-hybridized carbons (Fsp3) is 0.859. The molecule has 0 saturated carbocycles. The first kappa shape index (κ1) is 102. The Balaban J connectivity index is 1.30. The molecule has 0 aromatic rings. The molecule has 1 amide bonds. The van der Waals surface area contributed by atoms with Gasteiger partial charge in [-0.25, -0.2) is 0 Å². The van der Waals surface area contributed by atoms with E-state index >= 15 is 0 Å². The summed E-state index contributed by atoms with van der Waals surface area (Å²) in [5.41, 5.74) is 0. The third-order valence-corrected chi connectivity index (χ3v) is 22.5. The Morgan fingerprint density at radius 2 is 0.622 bits per heavy atom. The maximum atomic E-state index is 13.6. The number of carbonyl (C=O) groups is 1. The van der Waals surface area contributed by atoms with Crippen LogP contribution in [-0.2, 0) is 33.2 Å². The summed E-state index contributed by atoms with van der Waals surface area (Å²) in [5, 5.41) is 121. The number of ether oxygens (including phenoxy) is 6. The second kappa shape index (κ2) is 71.3. The van der Waals surface area contributed by atoms with Crippen molar-refractivity contribution in [3.8, 4) is 0 Å². The van der Waals surface area contributed by atoms with Crippen LogP contribution in [0, 0.1) is 0 Å². The fourth-order valence-electron chi connectivity index (χ4n) is 15.3. The lowest BCUT2D eigenvalue weighted by Gasteiger charge is -2.48. The van der Waals surface area contributed by atoms with Crippen molar-refractivity contribution in [3.05, 3.63) is 72.9 Å².